The lowest BCUT2D eigenvalue weighted by Crippen LogP contribution is -2.41. The maximum atomic E-state index is 12.3. The van der Waals surface area contributed by atoms with E-state index in [1.54, 1.807) is 0 Å². The second-order valence-electron chi connectivity index (χ2n) is 6.65. The summed E-state index contributed by atoms with van der Waals surface area (Å²) in [5.41, 5.74) is 4.27. The Kier molecular flexibility index (Phi) is 9.67. The molecule has 1 aromatic carbocycles. The van der Waals surface area contributed by atoms with Crippen molar-refractivity contribution in [2.75, 3.05) is 18.1 Å². The molecular weight excluding hydrogens is 403 g/mol. The van der Waals surface area contributed by atoms with E-state index in [9.17, 15) is 4.79 Å². The third-order valence-corrected chi connectivity index (χ3v) is 5.59. The van der Waals surface area contributed by atoms with Crippen LogP contribution in [0.25, 0.3) is 5.69 Å². The zero-order chi connectivity index (χ0) is 17.8. The van der Waals surface area contributed by atoms with E-state index in [2.05, 4.69) is 46.1 Å². The first-order chi connectivity index (χ1) is 12.0. The van der Waals surface area contributed by atoms with Crippen LogP contribution in [0, 0.1) is 13.8 Å². The van der Waals surface area contributed by atoms with Crippen LogP contribution in [-0.4, -0.2) is 39.8 Å². The van der Waals surface area contributed by atoms with Crippen molar-refractivity contribution in [1.82, 2.24) is 20.4 Å². The van der Waals surface area contributed by atoms with Crippen LogP contribution >= 0.6 is 36.6 Å². The van der Waals surface area contributed by atoms with Crippen molar-refractivity contribution >= 4 is 42.5 Å². The van der Waals surface area contributed by atoms with Gasteiger partial charge >= 0.3 is 0 Å². The molecule has 0 radical (unpaired) electrons. The van der Waals surface area contributed by atoms with Crippen LogP contribution in [0.5, 0.6) is 0 Å². The number of nitrogens with zero attached hydrogens (tertiary/aromatic N) is 2. The van der Waals surface area contributed by atoms with E-state index in [1.807, 2.05) is 37.2 Å². The molecule has 1 aliphatic heterocycles. The Balaban J connectivity index is 0.00000182. The van der Waals surface area contributed by atoms with Crippen molar-refractivity contribution in [3.63, 3.8) is 0 Å². The number of rotatable bonds is 5. The van der Waals surface area contributed by atoms with Crippen LogP contribution in [0.3, 0.4) is 0 Å². The van der Waals surface area contributed by atoms with Gasteiger partial charge in [0.15, 0.2) is 0 Å². The quantitative estimate of drug-likeness (QED) is 0.760. The summed E-state index contributed by atoms with van der Waals surface area (Å²) in [6.45, 7) is 7.06. The molecule has 2 atom stereocenters. The molecule has 0 aliphatic carbocycles. The first-order valence-corrected chi connectivity index (χ1v) is 9.92. The summed E-state index contributed by atoms with van der Waals surface area (Å²) in [7, 11) is 0. The Morgan fingerprint density at radius 3 is 2.59 bits per heavy atom. The summed E-state index contributed by atoms with van der Waals surface area (Å²) in [5.74, 6) is 2.25. The summed E-state index contributed by atoms with van der Waals surface area (Å²) in [4.78, 5) is 12.3. The number of aromatic nitrogens is 2. The summed E-state index contributed by atoms with van der Waals surface area (Å²) in [6, 6.07) is 10.6. The number of halogens is 2. The molecule has 1 aliphatic rings. The predicted octanol–water partition coefficient (Wildman–Crippen LogP) is 3.61. The van der Waals surface area contributed by atoms with Crippen molar-refractivity contribution < 1.29 is 4.79 Å². The van der Waals surface area contributed by atoms with E-state index >= 15 is 0 Å². The van der Waals surface area contributed by atoms with Crippen LogP contribution < -0.4 is 10.6 Å². The van der Waals surface area contributed by atoms with Gasteiger partial charge in [-0.2, -0.15) is 16.9 Å². The molecule has 1 saturated heterocycles. The van der Waals surface area contributed by atoms with Gasteiger partial charge in [-0.25, -0.2) is 4.68 Å². The molecule has 1 fully saturated rings. The highest BCUT2D eigenvalue weighted by Gasteiger charge is 2.18. The highest BCUT2D eigenvalue weighted by atomic mass is 35.5. The Morgan fingerprint density at radius 2 is 2.04 bits per heavy atom. The minimum atomic E-state index is -0.00162. The van der Waals surface area contributed by atoms with E-state index in [0.29, 0.717) is 12.5 Å². The van der Waals surface area contributed by atoms with Crippen molar-refractivity contribution in [3.8, 4) is 5.69 Å². The third-order valence-electron chi connectivity index (χ3n) is 4.45. The van der Waals surface area contributed by atoms with Gasteiger partial charge in [0.1, 0.15) is 0 Å². The van der Waals surface area contributed by atoms with Gasteiger partial charge in [-0.05, 0) is 44.5 Å². The standard InChI is InChI=1S/C19H26N4OS.2ClH/c1-13-10-14(2)23(22-13)18-6-4-16(5-7-18)15(3)21-19(24)11-17-12-25-9-8-20-17;;/h4-7,10,15,17,20H,8-9,11-12H2,1-3H3,(H,21,24);2*1H. The number of hydrogen-bond acceptors (Lipinski definition) is 4. The van der Waals surface area contributed by atoms with Crippen LogP contribution in [0.2, 0.25) is 0 Å². The van der Waals surface area contributed by atoms with Crippen molar-refractivity contribution in [3.05, 3.63) is 47.3 Å². The van der Waals surface area contributed by atoms with Crippen LogP contribution in [0.1, 0.15) is 36.3 Å². The molecule has 2 N–H and O–H groups in total. The number of hydrogen-bond donors (Lipinski definition) is 2. The molecule has 8 heteroatoms. The highest BCUT2D eigenvalue weighted by Crippen LogP contribution is 2.18. The molecule has 3 rings (SSSR count). The van der Waals surface area contributed by atoms with Gasteiger partial charge in [0.2, 0.25) is 5.91 Å². The smallest absolute Gasteiger partial charge is 0.222 e. The second kappa shape index (κ2) is 11.0. The number of nitrogens with one attached hydrogen (secondary N) is 2. The lowest BCUT2D eigenvalue weighted by Gasteiger charge is -2.23. The number of amides is 1. The highest BCUT2D eigenvalue weighted by molar-refractivity contribution is 7.99. The molecule has 0 saturated carbocycles. The predicted molar refractivity (Wildman–Crippen MR) is 118 cm³/mol. The summed E-state index contributed by atoms with van der Waals surface area (Å²) in [5, 5.41) is 11.0. The number of carbonyl (C=O) groups is 1. The topological polar surface area (TPSA) is 59.0 Å². The molecule has 0 spiro atoms. The molecule has 0 bridgehead atoms. The molecule has 2 heterocycles. The SMILES string of the molecule is Cc1cc(C)n(-c2ccc(C(C)NC(=O)CC3CSCCN3)cc2)n1.Cl.Cl. The van der Waals surface area contributed by atoms with Crippen LogP contribution in [0.15, 0.2) is 30.3 Å². The van der Waals surface area contributed by atoms with E-state index in [1.165, 1.54) is 0 Å². The molecule has 150 valence electrons. The largest absolute Gasteiger partial charge is 0.350 e. The number of thioether (sulfide) groups is 1. The van der Waals surface area contributed by atoms with Gasteiger partial charge in [0, 0.05) is 36.2 Å². The molecular formula is C19H28Cl2N4OS. The fraction of sp³-hybridized carbons (Fsp3) is 0.474. The normalized spacial score (nSPS) is 17.4. The molecule has 1 aromatic heterocycles. The molecule has 2 aromatic rings. The minimum absolute atomic E-state index is 0. The van der Waals surface area contributed by atoms with Crippen molar-refractivity contribution in [1.29, 1.82) is 0 Å². The van der Waals surface area contributed by atoms with E-state index in [0.717, 1.165) is 40.7 Å². The minimum Gasteiger partial charge on any atom is -0.350 e. The van der Waals surface area contributed by atoms with Gasteiger partial charge in [0.25, 0.3) is 0 Å². The van der Waals surface area contributed by atoms with Gasteiger partial charge < -0.3 is 10.6 Å². The maximum Gasteiger partial charge on any atom is 0.222 e. The monoisotopic (exact) mass is 430 g/mol. The first kappa shape index (κ1) is 23.8. The number of carbonyl (C=O) groups excluding carboxylic acids is 1. The first-order valence-electron chi connectivity index (χ1n) is 8.77. The zero-order valence-electron chi connectivity index (χ0n) is 15.9. The molecule has 1 amide bonds. The van der Waals surface area contributed by atoms with Gasteiger partial charge in [0.05, 0.1) is 17.4 Å². The van der Waals surface area contributed by atoms with Crippen LogP contribution in [-0.2, 0) is 4.79 Å². The fourth-order valence-electron chi connectivity index (χ4n) is 3.15. The number of aryl methyl sites for hydroxylation is 2. The molecule has 2 unspecified atom stereocenters. The Hall–Kier alpha value is -1.21. The molecule has 5 nitrogen and oxygen atoms in total. The van der Waals surface area contributed by atoms with E-state index in [-0.39, 0.29) is 36.8 Å². The average molecular weight is 431 g/mol. The molecule has 27 heavy (non-hydrogen) atoms. The summed E-state index contributed by atoms with van der Waals surface area (Å²) >= 11 is 1.91. The van der Waals surface area contributed by atoms with Gasteiger partial charge in [-0.3, -0.25) is 4.79 Å². The Bertz CT molecular complexity index is 730. The summed E-state index contributed by atoms with van der Waals surface area (Å²) < 4.78 is 1.94. The maximum absolute atomic E-state index is 12.3. The lowest BCUT2D eigenvalue weighted by atomic mass is 10.1. The average Bonchev–Trinajstić information content (AvgIpc) is 2.94. The fourth-order valence-corrected chi connectivity index (χ4v) is 4.10. The van der Waals surface area contributed by atoms with Crippen molar-refractivity contribution in [2.24, 2.45) is 0 Å². The number of benzene rings is 1. The van der Waals surface area contributed by atoms with E-state index < -0.39 is 0 Å². The van der Waals surface area contributed by atoms with Crippen LogP contribution in [0.4, 0.5) is 0 Å². The van der Waals surface area contributed by atoms with Crippen molar-refractivity contribution in [2.45, 2.75) is 39.3 Å². The second-order valence-corrected chi connectivity index (χ2v) is 7.80. The van der Waals surface area contributed by atoms with Gasteiger partial charge in [-0.15, -0.1) is 24.8 Å². The van der Waals surface area contributed by atoms with E-state index in [4.69, 9.17) is 0 Å². The Labute approximate surface area is 177 Å². The third kappa shape index (κ3) is 6.42. The lowest BCUT2D eigenvalue weighted by molar-refractivity contribution is -0.122. The van der Waals surface area contributed by atoms with Gasteiger partial charge in [-0.1, -0.05) is 12.1 Å². The Morgan fingerprint density at radius 1 is 1.33 bits per heavy atom. The zero-order valence-corrected chi connectivity index (χ0v) is 18.3. The summed E-state index contributed by atoms with van der Waals surface area (Å²) in [6.07, 6.45) is 0.543.